The summed E-state index contributed by atoms with van der Waals surface area (Å²) >= 11 is 0. The fourth-order valence-electron chi connectivity index (χ4n) is 3.78. The third-order valence-corrected chi connectivity index (χ3v) is 6.45. The summed E-state index contributed by atoms with van der Waals surface area (Å²) in [5.74, 6) is -0.214. The molecule has 0 aromatic heterocycles. The summed E-state index contributed by atoms with van der Waals surface area (Å²) in [6, 6.07) is -0.851. The SMILES string of the molecule is C=C(N/C(=C\C)B1OC(C)(C)C(C)(C)O1)[C@@H]1CCCN1C(=O)[C@@H](NC(=O)OC)C(C)C. The molecule has 0 unspecified atom stereocenters. The quantitative estimate of drug-likeness (QED) is 0.598. The van der Waals surface area contributed by atoms with E-state index in [2.05, 4.69) is 21.9 Å². The molecule has 174 valence electrons. The van der Waals surface area contributed by atoms with E-state index in [-0.39, 0.29) is 17.9 Å². The molecule has 0 bridgehead atoms. The van der Waals surface area contributed by atoms with Gasteiger partial charge < -0.3 is 29.6 Å². The van der Waals surface area contributed by atoms with Gasteiger partial charge in [-0.3, -0.25) is 4.79 Å². The van der Waals surface area contributed by atoms with Crippen LogP contribution in [0, 0.1) is 5.92 Å². The second-order valence-corrected chi connectivity index (χ2v) is 9.53. The third-order valence-electron chi connectivity index (χ3n) is 6.45. The number of hydrogen-bond donors (Lipinski definition) is 2. The Morgan fingerprint density at radius 2 is 1.81 bits per heavy atom. The van der Waals surface area contributed by atoms with Crippen LogP contribution in [0.5, 0.6) is 0 Å². The number of likely N-dealkylation sites (tertiary alicyclic amines) is 1. The third kappa shape index (κ3) is 5.44. The Hall–Kier alpha value is -2.00. The number of methoxy groups -OCH3 is 1. The van der Waals surface area contributed by atoms with Crippen LogP contribution in [-0.4, -0.2) is 61.0 Å². The van der Waals surface area contributed by atoms with E-state index in [1.54, 1.807) is 4.90 Å². The van der Waals surface area contributed by atoms with Gasteiger partial charge >= 0.3 is 13.2 Å². The Kier molecular flexibility index (Phi) is 7.87. The van der Waals surface area contributed by atoms with Gasteiger partial charge in [-0.05, 0) is 53.4 Å². The van der Waals surface area contributed by atoms with Crippen molar-refractivity contribution < 1.29 is 23.6 Å². The van der Waals surface area contributed by atoms with Gasteiger partial charge in [0.05, 0.1) is 24.4 Å². The predicted octanol–water partition coefficient (Wildman–Crippen LogP) is 3.00. The highest BCUT2D eigenvalue weighted by Crippen LogP contribution is 2.38. The minimum atomic E-state index is -0.662. The molecule has 0 saturated carbocycles. The average molecular weight is 435 g/mol. The van der Waals surface area contributed by atoms with Gasteiger partial charge in [0.2, 0.25) is 5.91 Å². The number of nitrogens with one attached hydrogen (secondary N) is 2. The summed E-state index contributed by atoms with van der Waals surface area (Å²) in [4.78, 5) is 26.8. The second-order valence-electron chi connectivity index (χ2n) is 9.53. The smallest absolute Gasteiger partial charge is 0.453 e. The Morgan fingerprint density at radius 1 is 1.23 bits per heavy atom. The molecule has 2 rings (SSSR count). The molecule has 31 heavy (non-hydrogen) atoms. The maximum Gasteiger partial charge on any atom is 0.511 e. The number of nitrogens with zero attached hydrogens (tertiary/aromatic N) is 1. The molecule has 2 amide bonds. The topological polar surface area (TPSA) is 89.1 Å². The number of alkyl carbamates (subject to hydrolysis) is 1. The summed E-state index contributed by atoms with van der Waals surface area (Å²) in [5.41, 5.74) is 0.563. The van der Waals surface area contributed by atoms with Crippen LogP contribution < -0.4 is 10.6 Å². The Morgan fingerprint density at radius 3 is 2.29 bits per heavy atom. The van der Waals surface area contributed by atoms with Crippen LogP contribution in [0.2, 0.25) is 0 Å². The van der Waals surface area contributed by atoms with Gasteiger partial charge in [-0.1, -0.05) is 26.5 Å². The van der Waals surface area contributed by atoms with Crippen LogP contribution in [0.3, 0.4) is 0 Å². The zero-order chi connectivity index (χ0) is 23.6. The van der Waals surface area contributed by atoms with E-state index in [4.69, 9.17) is 9.31 Å². The zero-order valence-electron chi connectivity index (χ0n) is 20.2. The molecular formula is C22H38BN3O5. The van der Waals surface area contributed by atoms with Crippen LogP contribution in [0.1, 0.15) is 61.3 Å². The van der Waals surface area contributed by atoms with Gasteiger partial charge in [-0.2, -0.15) is 0 Å². The number of ether oxygens (including phenoxy) is 1. The molecule has 2 saturated heterocycles. The molecule has 2 heterocycles. The summed E-state index contributed by atoms with van der Waals surface area (Å²) < 4.78 is 17.0. The first-order chi connectivity index (χ1) is 14.3. The Balaban J connectivity index is 2.11. The standard InChI is InChI=1S/C22H38BN3O5/c1-10-17(23-30-21(5,6)22(7,8)31-23)24-15(4)16-12-11-13-26(16)19(27)18(14(2)3)25-20(28)29-9/h10,14,16,18,24H,4,11-13H2,1-3,5-9H3,(H,25,28)/b17-10-/t16-,18-/m0/s1. The van der Waals surface area contributed by atoms with Crippen molar-refractivity contribution in [1.82, 2.24) is 15.5 Å². The number of carbonyl (C=O) groups is 2. The highest BCUT2D eigenvalue weighted by molar-refractivity contribution is 6.54. The highest BCUT2D eigenvalue weighted by Gasteiger charge is 2.52. The van der Waals surface area contributed by atoms with Crippen LogP contribution in [-0.2, 0) is 18.8 Å². The van der Waals surface area contributed by atoms with Crippen molar-refractivity contribution in [2.24, 2.45) is 5.92 Å². The normalized spacial score (nSPS) is 23.6. The lowest BCUT2D eigenvalue weighted by Crippen LogP contribution is -2.53. The number of amides is 2. The summed E-state index contributed by atoms with van der Waals surface area (Å²) in [6.45, 7) is 18.6. The van der Waals surface area contributed by atoms with Crippen LogP contribution in [0.25, 0.3) is 0 Å². The van der Waals surface area contributed by atoms with Gasteiger partial charge in [0, 0.05) is 17.8 Å². The van der Waals surface area contributed by atoms with Crippen molar-refractivity contribution in [3.8, 4) is 0 Å². The molecule has 2 N–H and O–H groups in total. The number of rotatable bonds is 7. The minimum Gasteiger partial charge on any atom is -0.453 e. The molecule has 2 aliphatic heterocycles. The maximum atomic E-state index is 13.3. The molecule has 0 aliphatic carbocycles. The first-order valence-electron chi connectivity index (χ1n) is 11.0. The monoisotopic (exact) mass is 435 g/mol. The summed E-state index contributed by atoms with van der Waals surface area (Å²) in [7, 11) is 0.748. The van der Waals surface area contributed by atoms with Gasteiger partial charge in [-0.15, -0.1) is 0 Å². The molecule has 8 nitrogen and oxygen atoms in total. The van der Waals surface area contributed by atoms with Gasteiger partial charge in [-0.25, -0.2) is 4.79 Å². The molecule has 2 fully saturated rings. The zero-order valence-corrected chi connectivity index (χ0v) is 20.2. The lowest BCUT2D eigenvalue weighted by atomic mass is 9.83. The van der Waals surface area contributed by atoms with E-state index >= 15 is 0 Å². The maximum absolute atomic E-state index is 13.3. The molecule has 0 spiro atoms. The molecule has 0 aromatic carbocycles. The Labute approximate surface area is 186 Å². The number of hydrogen-bond acceptors (Lipinski definition) is 6. The van der Waals surface area contributed by atoms with Crippen molar-refractivity contribution in [2.45, 2.75) is 84.6 Å². The predicted molar refractivity (Wildman–Crippen MR) is 121 cm³/mol. The van der Waals surface area contributed by atoms with Crippen LogP contribution >= 0.6 is 0 Å². The summed E-state index contributed by atoms with van der Waals surface area (Å²) in [6.07, 6.45) is 2.95. The Bertz CT molecular complexity index is 719. The minimum absolute atomic E-state index is 0.0788. The molecule has 0 aromatic rings. The highest BCUT2D eigenvalue weighted by atomic mass is 16.7. The second kappa shape index (κ2) is 9.65. The van der Waals surface area contributed by atoms with E-state index in [0.29, 0.717) is 12.2 Å². The fraction of sp³-hybridized carbons (Fsp3) is 0.727. The van der Waals surface area contributed by atoms with Crippen molar-refractivity contribution in [3.63, 3.8) is 0 Å². The first kappa shape index (κ1) is 25.3. The molecule has 0 radical (unpaired) electrons. The fourth-order valence-corrected chi connectivity index (χ4v) is 3.78. The molecule has 2 atom stereocenters. The van der Waals surface area contributed by atoms with E-state index in [9.17, 15) is 9.59 Å². The van der Waals surface area contributed by atoms with Crippen LogP contribution in [0.4, 0.5) is 4.79 Å². The van der Waals surface area contributed by atoms with Gasteiger partial charge in [0.1, 0.15) is 6.04 Å². The van der Waals surface area contributed by atoms with Crippen molar-refractivity contribution in [1.29, 1.82) is 0 Å². The van der Waals surface area contributed by atoms with Crippen molar-refractivity contribution in [2.75, 3.05) is 13.7 Å². The lowest BCUT2D eigenvalue weighted by molar-refractivity contribution is -0.134. The molecule has 9 heteroatoms. The summed E-state index contributed by atoms with van der Waals surface area (Å²) in [5, 5.41) is 6.00. The van der Waals surface area contributed by atoms with E-state index in [1.807, 2.05) is 54.5 Å². The number of allylic oxidation sites excluding steroid dienone is 1. The average Bonchev–Trinajstić information content (AvgIpc) is 3.25. The van der Waals surface area contributed by atoms with Gasteiger partial charge in [0.25, 0.3) is 0 Å². The largest absolute Gasteiger partial charge is 0.511 e. The van der Waals surface area contributed by atoms with E-state index in [0.717, 1.165) is 18.4 Å². The van der Waals surface area contributed by atoms with Crippen molar-refractivity contribution >= 4 is 19.1 Å². The first-order valence-corrected chi connectivity index (χ1v) is 11.0. The van der Waals surface area contributed by atoms with Crippen molar-refractivity contribution in [3.05, 3.63) is 23.9 Å². The van der Waals surface area contributed by atoms with Gasteiger partial charge in [0.15, 0.2) is 0 Å². The molecular weight excluding hydrogens is 397 g/mol. The molecule has 2 aliphatic rings. The number of carbonyl (C=O) groups excluding carboxylic acids is 2. The van der Waals surface area contributed by atoms with E-state index in [1.165, 1.54) is 7.11 Å². The van der Waals surface area contributed by atoms with E-state index < -0.39 is 30.5 Å². The lowest BCUT2D eigenvalue weighted by Gasteiger charge is -2.32. The van der Waals surface area contributed by atoms with Crippen LogP contribution in [0.15, 0.2) is 23.9 Å².